The molecule has 0 spiro atoms. The molecule has 10 heteroatoms. The third-order valence-corrected chi connectivity index (χ3v) is 5.51. The second-order valence-corrected chi connectivity index (χ2v) is 7.43. The van der Waals surface area contributed by atoms with Crippen molar-refractivity contribution in [3.63, 3.8) is 0 Å². The monoisotopic (exact) mass is 440 g/mol. The lowest BCUT2D eigenvalue weighted by Crippen LogP contribution is -2.39. The van der Waals surface area contributed by atoms with Gasteiger partial charge in [-0.05, 0) is 56.1 Å². The Morgan fingerprint density at radius 3 is 2.88 bits per heavy atom. The zero-order valence-corrected chi connectivity index (χ0v) is 17.6. The number of nitro benzene ring substituents is 1. The summed E-state index contributed by atoms with van der Waals surface area (Å²) in [5.41, 5.74) is -0.882. The highest BCUT2D eigenvalue weighted by Gasteiger charge is 2.29. The number of likely N-dealkylation sites (tertiary alicyclic amines) is 1. The number of likely N-dealkylation sites (N-methyl/N-ethyl adjacent to an activating group) is 1. The van der Waals surface area contributed by atoms with Gasteiger partial charge in [-0.3, -0.25) is 19.8 Å². The van der Waals surface area contributed by atoms with Gasteiger partial charge in [0.05, 0.1) is 17.2 Å². The second kappa shape index (κ2) is 9.98. The van der Waals surface area contributed by atoms with Gasteiger partial charge in [0, 0.05) is 25.7 Å². The first-order valence-electron chi connectivity index (χ1n) is 10.2. The highest BCUT2D eigenvalue weighted by Crippen LogP contribution is 2.36. The van der Waals surface area contributed by atoms with Crippen LogP contribution in [-0.2, 0) is 4.79 Å². The molecule has 0 unspecified atom stereocenters. The van der Waals surface area contributed by atoms with Crippen LogP contribution in [0.5, 0.6) is 11.5 Å². The van der Waals surface area contributed by atoms with Gasteiger partial charge in [-0.15, -0.1) is 0 Å². The van der Waals surface area contributed by atoms with Gasteiger partial charge in [-0.1, -0.05) is 0 Å². The average Bonchev–Trinajstić information content (AvgIpc) is 3.46. The van der Waals surface area contributed by atoms with Gasteiger partial charge in [0.25, 0.3) is 5.91 Å². The zero-order chi connectivity index (χ0) is 23.3. The Morgan fingerprint density at radius 1 is 1.47 bits per heavy atom. The molecule has 2 aromatic rings. The van der Waals surface area contributed by atoms with Crippen LogP contribution in [0.25, 0.3) is 6.08 Å². The minimum atomic E-state index is -0.871. The highest BCUT2D eigenvalue weighted by molar-refractivity contribution is 6.01. The van der Waals surface area contributed by atoms with Crippen molar-refractivity contribution in [1.29, 1.82) is 5.26 Å². The Balaban J connectivity index is 1.75. The van der Waals surface area contributed by atoms with Crippen LogP contribution in [0.3, 0.4) is 0 Å². The van der Waals surface area contributed by atoms with E-state index in [1.165, 1.54) is 11.0 Å². The molecule has 2 N–H and O–H groups in total. The van der Waals surface area contributed by atoms with Crippen molar-refractivity contribution in [2.24, 2.45) is 0 Å². The molecule has 1 aliphatic rings. The molecule has 1 aromatic carbocycles. The van der Waals surface area contributed by atoms with Crippen LogP contribution in [0.1, 0.15) is 37.1 Å². The molecule has 1 aliphatic heterocycles. The number of rotatable bonds is 8. The molecule has 1 saturated heterocycles. The molecule has 0 saturated carbocycles. The second-order valence-electron chi connectivity index (χ2n) is 7.43. The van der Waals surface area contributed by atoms with Crippen LogP contribution in [0.2, 0.25) is 0 Å². The fourth-order valence-corrected chi connectivity index (χ4v) is 3.88. The molecule has 0 radical (unpaired) electrons. The minimum absolute atomic E-state index is 0.0605. The van der Waals surface area contributed by atoms with E-state index in [-0.39, 0.29) is 17.2 Å². The Bertz CT molecular complexity index is 1060. The van der Waals surface area contributed by atoms with Gasteiger partial charge in [0.1, 0.15) is 17.4 Å². The van der Waals surface area contributed by atoms with Crippen molar-refractivity contribution in [2.75, 3.05) is 26.2 Å². The maximum Gasteiger partial charge on any atom is 0.315 e. The largest absolute Gasteiger partial charge is 0.504 e. The number of carbonyl (C=O) groups is 1. The van der Waals surface area contributed by atoms with E-state index in [2.05, 4.69) is 4.90 Å². The number of benzene rings is 1. The van der Waals surface area contributed by atoms with Gasteiger partial charge >= 0.3 is 5.69 Å². The first kappa shape index (κ1) is 22.8. The molecule has 1 fully saturated rings. The van der Waals surface area contributed by atoms with Crippen LogP contribution in [0, 0.1) is 21.4 Å². The van der Waals surface area contributed by atoms with E-state index in [0.29, 0.717) is 19.6 Å². The highest BCUT2D eigenvalue weighted by atomic mass is 16.6. The molecular weight excluding hydrogens is 416 g/mol. The van der Waals surface area contributed by atoms with Gasteiger partial charge in [0.15, 0.2) is 5.75 Å². The zero-order valence-electron chi connectivity index (χ0n) is 17.6. The van der Waals surface area contributed by atoms with E-state index in [1.807, 2.05) is 18.2 Å². The van der Waals surface area contributed by atoms with Gasteiger partial charge in [-0.2, -0.15) is 5.26 Å². The van der Waals surface area contributed by atoms with Crippen LogP contribution in [0.15, 0.2) is 40.5 Å². The third-order valence-electron chi connectivity index (χ3n) is 5.51. The molecule has 2 heterocycles. The maximum absolute atomic E-state index is 12.9. The lowest BCUT2D eigenvalue weighted by Gasteiger charge is -2.27. The van der Waals surface area contributed by atoms with E-state index in [9.17, 15) is 30.4 Å². The number of hydrogen-bond acceptors (Lipinski definition) is 8. The summed E-state index contributed by atoms with van der Waals surface area (Å²) in [5.74, 6) is -1.20. The fourth-order valence-electron chi connectivity index (χ4n) is 3.88. The summed E-state index contributed by atoms with van der Waals surface area (Å²) in [6.45, 7) is 4.06. The van der Waals surface area contributed by atoms with Crippen molar-refractivity contribution < 1.29 is 24.3 Å². The van der Waals surface area contributed by atoms with E-state index >= 15 is 0 Å². The van der Waals surface area contributed by atoms with Crippen molar-refractivity contribution in [2.45, 2.75) is 25.8 Å². The molecule has 1 atom stereocenters. The Kier molecular flexibility index (Phi) is 7.12. The first-order chi connectivity index (χ1) is 15.3. The lowest BCUT2D eigenvalue weighted by atomic mass is 10.1. The number of carbonyl (C=O) groups excluding carboxylic acids is 1. The molecule has 168 valence electrons. The maximum atomic E-state index is 12.9. The Labute approximate surface area is 184 Å². The summed E-state index contributed by atoms with van der Waals surface area (Å²) in [7, 11) is 0. The lowest BCUT2D eigenvalue weighted by molar-refractivity contribution is -0.386. The normalized spacial score (nSPS) is 16.6. The molecule has 0 aliphatic carbocycles. The SMILES string of the molecule is CCN(CCN1CCC[C@@H]1c1ccco1)C(=O)/C(C#N)=C/c1cc(O)c(O)c([N+](=O)[O-])c1. The van der Waals surface area contributed by atoms with Gasteiger partial charge < -0.3 is 19.5 Å². The third kappa shape index (κ3) is 4.90. The smallest absolute Gasteiger partial charge is 0.315 e. The van der Waals surface area contributed by atoms with E-state index < -0.39 is 28.0 Å². The van der Waals surface area contributed by atoms with Crippen molar-refractivity contribution >= 4 is 17.7 Å². The number of nitriles is 1. The predicted octanol–water partition coefficient (Wildman–Crippen LogP) is 3.19. The summed E-state index contributed by atoms with van der Waals surface area (Å²) in [6, 6.07) is 7.83. The summed E-state index contributed by atoms with van der Waals surface area (Å²) in [5, 5.41) is 39.9. The molecule has 1 amide bonds. The topological polar surface area (TPSA) is 144 Å². The molecular formula is C22H24N4O6. The molecule has 32 heavy (non-hydrogen) atoms. The number of phenolic OH excluding ortho intramolecular Hbond substituents is 2. The molecule has 0 bridgehead atoms. The van der Waals surface area contributed by atoms with Crippen molar-refractivity contribution in [1.82, 2.24) is 9.80 Å². The number of amides is 1. The minimum Gasteiger partial charge on any atom is -0.504 e. The van der Waals surface area contributed by atoms with E-state index in [1.54, 1.807) is 13.2 Å². The average molecular weight is 440 g/mol. The van der Waals surface area contributed by atoms with Crippen molar-refractivity contribution in [3.05, 3.63) is 57.5 Å². The van der Waals surface area contributed by atoms with Gasteiger partial charge in [-0.25, -0.2) is 0 Å². The first-order valence-corrected chi connectivity index (χ1v) is 10.2. The standard InChI is InChI=1S/C22H24N4O6/c1-2-24(8-9-25-7-3-5-17(25)20-6-4-10-32-20)22(29)16(14-23)11-15-12-18(26(30)31)21(28)19(27)13-15/h4,6,10-13,17,27-28H,2-3,5,7-9H2,1H3/b16-11+/t17-/m1/s1. The van der Waals surface area contributed by atoms with Gasteiger partial charge in [0.2, 0.25) is 5.75 Å². The molecule has 1 aromatic heterocycles. The van der Waals surface area contributed by atoms with Crippen LogP contribution < -0.4 is 0 Å². The van der Waals surface area contributed by atoms with Crippen molar-refractivity contribution in [3.8, 4) is 17.6 Å². The Morgan fingerprint density at radius 2 is 2.25 bits per heavy atom. The molecule has 3 rings (SSSR count). The number of furan rings is 1. The summed E-state index contributed by atoms with van der Waals surface area (Å²) in [4.78, 5) is 26.9. The number of nitro groups is 1. The summed E-state index contributed by atoms with van der Waals surface area (Å²) in [6.07, 6.45) is 4.81. The van der Waals surface area contributed by atoms with E-state index in [4.69, 9.17) is 4.42 Å². The Hall–Kier alpha value is -3.84. The predicted molar refractivity (Wildman–Crippen MR) is 115 cm³/mol. The molecule has 10 nitrogen and oxygen atoms in total. The number of phenols is 2. The number of nitrogens with zero attached hydrogens (tertiary/aromatic N) is 4. The summed E-state index contributed by atoms with van der Waals surface area (Å²) >= 11 is 0. The number of aromatic hydroxyl groups is 2. The fraction of sp³-hybridized carbons (Fsp3) is 0.364. The number of hydrogen-bond donors (Lipinski definition) is 2. The quantitative estimate of drug-likeness (QED) is 0.209. The van der Waals surface area contributed by atoms with E-state index in [0.717, 1.165) is 37.3 Å². The van der Waals surface area contributed by atoms with Crippen LogP contribution >= 0.6 is 0 Å². The summed E-state index contributed by atoms with van der Waals surface area (Å²) < 4.78 is 5.53. The van der Waals surface area contributed by atoms with Crippen LogP contribution in [0.4, 0.5) is 5.69 Å². The van der Waals surface area contributed by atoms with Crippen LogP contribution in [-0.4, -0.2) is 57.0 Å².